The van der Waals surface area contributed by atoms with Crippen LogP contribution in [0.15, 0.2) is 10.5 Å². The van der Waals surface area contributed by atoms with Crippen LogP contribution in [0, 0.1) is 6.92 Å². The average molecular weight is 294 g/mol. The number of carbonyl (C=O) groups excluding carboxylic acids is 1. The second-order valence-corrected chi connectivity index (χ2v) is 6.63. The summed E-state index contributed by atoms with van der Waals surface area (Å²) >= 11 is 0. The number of hydrazine groups is 1. The van der Waals surface area contributed by atoms with Crippen LogP contribution in [0.3, 0.4) is 0 Å². The molecule has 3 N–H and O–H groups in total. The van der Waals surface area contributed by atoms with Gasteiger partial charge in [-0.3, -0.25) is 20.0 Å². The van der Waals surface area contributed by atoms with Gasteiger partial charge in [-0.2, -0.15) is 0 Å². The fourth-order valence-corrected chi connectivity index (χ4v) is 2.71. The Morgan fingerprint density at radius 2 is 1.95 bits per heavy atom. The van der Waals surface area contributed by atoms with E-state index in [1.54, 1.807) is 0 Å². The maximum Gasteiger partial charge on any atom is 0.301 e. The zero-order valence-corrected chi connectivity index (χ0v) is 13.4. The molecule has 1 fully saturated rings. The van der Waals surface area contributed by atoms with Gasteiger partial charge in [0, 0.05) is 37.3 Å². The molecule has 118 valence electrons. The van der Waals surface area contributed by atoms with E-state index in [0.717, 1.165) is 44.0 Å². The van der Waals surface area contributed by atoms with Crippen LogP contribution in [0.25, 0.3) is 0 Å². The van der Waals surface area contributed by atoms with E-state index in [2.05, 4.69) is 36.0 Å². The largest absolute Gasteiger partial charge is 0.454 e. The van der Waals surface area contributed by atoms with Gasteiger partial charge in [0.15, 0.2) is 5.76 Å². The second-order valence-electron chi connectivity index (χ2n) is 6.63. The van der Waals surface area contributed by atoms with Crippen LogP contribution in [0.4, 0.5) is 0 Å². The number of amides is 1. The summed E-state index contributed by atoms with van der Waals surface area (Å²) < 4.78 is 5.62. The molecule has 0 aliphatic carbocycles. The number of nitrogens with zero attached hydrogens (tertiary/aromatic N) is 2. The first-order valence-corrected chi connectivity index (χ1v) is 7.39. The molecule has 1 aliphatic heterocycles. The van der Waals surface area contributed by atoms with Crippen molar-refractivity contribution in [1.82, 2.24) is 15.2 Å². The first kappa shape index (κ1) is 16.0. The Morgan fingerprint density at radius 1 is 1.33 bits per heavy atom. The minimum atomic E-state index is -0.378. The molecule has 1 saturated heterocycles. The van der Waals surface area contributed by atoms with Gasteiger partial charge in [0.05, 0.1) is 6.54 Å². The third-order valence-electron chi connectivity index (χ3n) is 4.01. The van der Waals surface area contributed by atoms with Crippen LogP contribution < -0.4 is 11.3 Å². The number of rotatable bonds is 3. The van der Waals surface area contributed by atoms with Gasteiger partial charge >= 0.3 is 5.91 Å². The molecule has 0 unspecified atom stereocenters. The SMILES string of the molecule is Cc1cc(CN2CCN(C(C)(C)C)CC2)oc1C(=O)NN. The van der Waals surface area contributed by atoms with Crippen LogP contribution in [0.2, 0.25) is 0 Å². The van der Waals surface area contributed by atoms with Gasteiger partial charge in [0.2, 0.25) is 0 Å². The predicted octanol–water partition coefficient (Wildman–Crippen LogP) is 1.11. The Morgan fingerprint density at radius 3 is 2.48 bits per heavy atom. The van der Waals surface area contributed by atoms with E-state index in [9.17, 15) is 4.79 Å². The minimum absolute atomic E-state index is 0.222. The molecule has 6 nitrogen and oxygen atoms in total. The highest BCUT2D eigenvalue weighted by molar-refractivity contribution is 5.92. The van der Waals surface area contributed by atoms with Gasteiger partial charge in [-0.15, -0.1) is 0 Å². The van der Waals surface area contributed by atoms with Crippen molar-refractivity contribution in [1.29, 1.82) is 0 Å². The highest BCUT2D eigenvalue weighted by Crippen LogP contribution is 2.19. The molecule has 0 spiro atoms. The number of nitrogen functional groups attached to an aromatic ring is 1. The third-order valence-corrected chi connectivity index (χ3v) is 4.01. The maximum atomic E-state index is 11.5. The molecule has 0 bridgehead atoms. The molecule has 2 rings (SSSR count). The Hall–Kier alpha value is -1.37. The van der Waals surface area contributed by atoms with Crippen molar-refractivity contribution < 1.29 is 9.21 Å². The molecule has 1 aromatic heterocycles. The quantitative estimate of drug-likeness (QED) is 0.496. The standard InChI is InChI=1S/C15H26N4O2/c1-11-9-12(21-13(11)14(20)17-16)10-18-5-7-19(8-6-18)15(2,3)4/h9H,5-8,10,16H2,1-4H3,(H,17,20). The number of piperazine rings is 1. The number of nitrogens with one attached hydrogen (secondary N) is 1. The number of nitrogens with two attached hydrogens (primary N) is 1. The number of furan rings is 1. The fourth-order valence-electron chi connectivity index (χ4n) is 2.71. The zero-order valence-electron chi connectivity index (χ0n) is 13.4. The van der Waals surface area contributed by atoms with Crippen molar-refractivity contribution in [3.05, 3.63) is 23.2 Å². The van der Waals surface area contributed by atoms with Crippen molar-refractivity contribution in [2.75, 3.05) is 26.2 Å². The molecule has 0 saturated carbocycles. The highest BCUT2D eigenvalue weighted by Gasteiger charge is 2.26. The smallest absolute Gasteiger partial charge is 0.301 e. The molecule has 0 aromatic carbocycles. The van der Waals surface area contributed by atoms with E-state index in [0.29, 0.717) is 5.76 Å². The van der Waals surface area contributed by atoms with E-state index >= 15 is 0 Å². The molecule has 1 aliphatic rings. The second kappa shape index (κ2) is 6.17. The van der Waals surface area contributed by atoms with Gasteiger partial charge in [0.1, 0.15) is 5.76 Å². The number of aryl methyl sites for hydroxylation is 1. The third kappa shape index (κ3) is 3.84. The lowest BCUT2D eigenvalue weighted by Gasteiger charge is -2.42. The monoisotopic (exact) mass is 294 g/mol. The van der Waals surface area contributed by atoms with E-state index in [4.69, 9.17) is 10.3 Å². The van der Waals surface area contributed by atoms with Crippen LogP contribution >= 0.6 is 0 Å². The summed E-state index contributed by atoms with van der Waals surface area (Å²) in [5, 5.41) is 0. The number of carbonyl (C=O) groups is 1. The molecular weight excluding hydrogens is 268 g/mol. The van der Waals surface area contributed by atoms with Crippen molar-refractivity contribution in [2.45, 2.75) is 39.8 Å². The Kier molecular flexibility index (Phi) is 4.70. The fraction of sp³-hybridized carbons (Fsp3) is 0.667. The summed E-state index contributed by atoms with van der Waals surface area (Å²) in [6.45, 7) is 13.5. The normalized spacial score (nSPS) is 18.0. The van der Waals surface area contributed by atoms with E-state index < -0.39 is 0 Å². The van der Waals surface area contributed by atoms with Gasteiger partial charge in [0.25, 0.3) is 0 Å². The summed E-state index contributed by atoms with van der Waals surface area (Å²) in [4.78, 5) is 16.4. The summed E-state index contributed by atoms with van der Waals surface area (Å²) in [7, 11) is 0. The lowest BCUT2D eigenvalue weighted by Crippen LogP contribution is -2.53. The predicted molar refractivity (Wildman–Crippen MR) is 81.7 cm³/mol. The van der Waals surface area contributed by atoms with Crippen LogP contribution in [-0.4, -0.2) is 47.4 Å². The lowest BCUT2D eigenvalue weighted by molar-refractivity contribution is 0.0559. The summed E-state index contributed by atoms with van der Waals surface area (Å²) in [5.41, 5.74) is 3.15. The van der Waals surface area contributed by atoms with Gasteiger partial charge in [-0.1, -0.05) is 0 Å². The van der Waals surface area contributed by atoms with Gasteiger partial charge < -0.3 is 4.42 Å². The Balaban J connectivity index is 1.94. The average Bonchev–Trinajstić information content (AvgIpc) is 2.78. The summed E-state index contributed by atoms with van der Waals surface area (Å²) in [5.74, 6) is 5.89. The van der Waals surface area contributed by atoms with Crippen molar-refractivity contribution in [2.24, 2.45) is 5.84 Å². The topological polar surface area (TPSA) is 74.7 Å². The maximum absolute atomic E-state index is 11.5. The highest BCUT2D eigenvalue weighted by atomic mass is 16.4. The Bertz CT molecular complexity index is 496. The molecule has 21 heavy (non-hydrogen) atoms. The molecule has 2 heterocycles. The first-order valence-electron chi connectivity index (χ1n) is 7.39. The summed E-state index contributed by atoms with van der Waals surface area (Å²) in [6, 6.07) is 1.92. The van der Waals surface area contributed by atoms with Crippen LogP contribution in [-0.2, 0) is 6.54 Å². The zero-order chi connectivity index (χ0) is 15.6. The number of hydrogen-bond acceptors (Lipinski definition) is 5. The van der Waals surface area contributed by atoms with E-state index in [1.807, 2.05) is 13.0 Å². The lowest BCUT2D eigenvalue weighted by atomic mass is 10.0. The molecule has 0 radical (unpaired) electrons. The minimum Gasteiger partial charge on any atom is -0.454 e. The van der Waals surface area contributed by atoms with E-state index in [1.165, 1.54) is 0 Å². The number of hydrogen-bond donors (Lipinski definition) is 2. The summed E-state index contributed by atoms with van der Waals surface area (Å²) in [6.07, 6.45) is 0. The van der Waals surface area contributed by atoms with Crippen molar-refractivity contribution in [3.8, 4) is 0 Å². The van der Waals surface area contributed by atoms with Gasteiger partial charge in [-0.05, 0) is 33.8 Å². The van der Waals surface area contributed by atoms with Crippen molar-refractivity contribution in [3.63, 3.8) is 0 Å². The molecule has 6 heteroatoms. The van der Waals surface area contributed by atoms with Gasteiger partial charge in [-0.25, -0.2) is 5.84 Å². The first-order chi connectivity index (χ1) is 9.81. The molecular formula is C15H26N4O2. The molecule has 1 aromatic rings. The van der Waals surface area contributed by atoms with Crippen molar-refractivity contribution >= 4 is 5.91 Å². The van der Waals surface area contributed by atoms with Crippen LogP contribution in [0.1, 0.15) is 42.6 Å². The Labute approximate surface area is 126 Å². The van der Waals surface area contributed by atoms with E-state index in [-0.39, 0.29) is 11.4 Å². The molecule has 0 atom stereocenters. The molecule has 1 amide bonds. The van der Waals surface area contributed by atoms with Crippen LogP contribution in [0.5, 0.6) is 0 Å².